The third-order valence-electron chi connectivity index (χ3n) is 2.58. The minimum Gasteiger partial charge on any atom is -0.477 e. The highest BCUT2D eigenvalue weighted by Crippen LogP contribution is 2.31. The molecule has 0 spiro atoms. The maximum absolute atomic E-state index is 11.2. The Labute approximate surface area is 79.6 Å². The van der Waals surface area contributed by atoms with Crippen molar-refractivity contribution in [2.75, 3.05) is 0 Å². The van der Waals surface area contributed by atoms with Crippen LogP contribution in [0.3, 0.4) is 0 Å². The molecule has 2 aliphatic heterocycles. The average Bonchev–Trinajstić information content (AvgIpc) is 2.15. The highest BCUT2D eigenvalue weighted by molar-refractivity contribution is 5.99. The molecule has 4 N–H and O–H groups in total. The molecule has 0 aromatic carbocycles. The lowest BCUT2D eigenvalue weighted by atomic mass is 9.86. The lowest BCUT2D eigenvalue weighted by Crippen LogP contribution is -2.70. The molecule has 3 atom stereocenters. The first kappa shape index (κ1) is 9.17. The zero-order chi connectivity index (χ0) is 10.5. The van der Waals surface area contributed by atoms with Crippen molar-refractivity contribution in [3.63, 3.8) is 0 Å². The van der Waals surface area contributed by atoms with Gasteiger partial charge in [-0.15, -0.1) is 0 Å². The second kappa shape index (κ2) is 2.79. The highest BCUT2D eigenvalue weighted by atomic mass is 16.4. The van der Waals surface area contributed by atoms with E-state index in [4.69, 9.17) is 10.8 Å². The fourth-order valence-corrected chi connectivity index (χ4v) is 1.87. The van der Waals surface area contributed by atoms with Crippen LogP contribution >= 0.6 is 0 Å². The molecule has 0 aliphatic carbocycles. The van der Waals surface area contributed by atoms with Gasteiger partial charge in [-0.25, -0.2) is 4.79 Å². The molecule has 6 nitrogen and oxygen atoms in total. The summed E-state index contributed by atoms with van der Waals surface area (Å²) in [6.07, 6.45) is 0.647. The Bertz CT molecular complexity index is 338. The van der Waals surface area contributed by atoms with Crippen molar-refractivity contribution in [3.8, 4) is 0 Å². The van der Waals surface area contributed by atoms with Gasteiger partial charge in [-0.2, -0.15) is 0 Å². The van der Waals surface area contributed by atoms with Gasteiger partial charge in [0, 0.05) is 0 Å². The van der Waals surface area contributed by atoms with Crippen molar-refractivity contribution in [3.05, 3.63) is 11.8 Å². The summed E-state index contributed by atoms with van der Waals surface area (Å²) in [5.74, 6) is -1.61. The Balaban J connectivity index is 2.32. The number of aliphatic hydroxyl groups excluding tert-OH is 1. The molecule has 1 unspecified atom stereocenters. The molecule has 6 heteroatoms. The van der Waals surface area contributed by atoms with Crippen LogP contribution in [0.15, 0.2) is 11.8 Å². The number of hydrogen-bond donors (Lipinski definition) is 3. The van der Waals surface area contributed by atoms with Crippen LogP contribution in [0.4, 0.5) is 0 Å². The van der Waals surface area contributed by atoms with Crippen LogP contribution in [-0.4, -0.2) is 45.2 Å². The van der Waals surface area contributed by atoms with E-state index in [-0.39, 0.29) is 11.7 Å². The number of fused-ring (bicyclic) bond motifs is 1. The van der Waals surface area contributed by atoms with Crippen molar-refractivity contribution in [2.45, 2.75) is 24.6 Å². The number of rotatable bonds is 1. The van der Waals surface area contributed by atoms with Gasteiger partial charge in [0.25, 0.3) is 0 Å². The lowest BCUT2D eigenvalue weighted by Gasteiger charge is -2.48. The van der Waals surface area contributed by atoms with Crippen LogP contribution in [0.1, 0.15) is 6.42 Å². The number of nitrogens with zero attached hydrogens (tertiary/aromatic N) is 1. The van der Waals surface area contributed by atoms with Gasteiger partial charge in [0.15, 0.2) is 0 Å². The Hall–Kier alpha value is -1.40. The van der Waals surface area contributed by atoms with Crippen molar-refractivity contribution >= 4 is 11.9 Å². The topological polar surface area (TPSA) is 104 Å². The van der Waals surface area contributed by atoms with Gasteiger partial charge in [-0.1, -0.05) is 0 Å². The Morgan fingerprint density at radius 3 is 2.86 bits per heavy atom. The fourth-order valence-electron chi connectivity index (χ4n) is 1.87. The second-order valence-electron chi connectivity index (χ2n) is 3.46. The predicted molar refractivity (Wildman–Crippen MR) is 45.0 cm³/mol. The molecule has 0 aromatic rings. The Morgan fingerprint density at radius 2 is 2.29 bits per heavy atom. The van der Waals surface area contributed by atoms with Gasteiger partial charge in [0.1, 0.15) is 11.7 Å². The van der Waals surface area contributed by atoms with Gasteiger partial charge in [0.05, 0.1) is 12.1 Å². The number of nitrogens with two attached hydrogens (primary N) is 1. The summed E-state index contributed by atoms with van der Waals surface area (Å²) in [6, 6.07) is -1.04. The van der Waals surface area contributed by atoms with Gasteiger partial charge < -0.3 is 15.9 Å². The molecule has 2 heterocycles. The molecule has 2 rings (SSSR count). The smallest absolute Gasteiger partial charge is 0.352 e. The minimum absolute atomic E-state index is 0.166. The molecule has 14 heavy (non-hydrogen) atoms. The molecule has 0 radical (unpaired) electrons. The monoisotopic (exact) mass is 198 g/mol. The maximum Gasteiger partial charge on any atom is 0.352 e. The normalized spacial score (nSPS) is 35.9. The van der Waals surface area contributed by atoms with E-state index in [2.05, 4.69) is 0 Å². The molecular weight excluding hydrogens is 188 g/mol. The van der Waals surface area contributed by atoms with Crippen LogP contribution in [0.2, 0.25) is 0 Å². The third kappa shape index (κ3) is 1.04. The summed E-state index contributed by atoms with van der Waals surface area (Å²) >= 11 is 0. The van der Waals surface area contributed by atoms with E-state index < -0.39 is 24.0 Å². The van der Waals surface area contributed by atoms with Crippen LogP contribution in [0.5, 0.6) is 0 Å². The van der Waals surface area contributed by atoms with Crippen LogP contribution in [0, 0.1) is 0 Å². The van der Waals surface area contributed by atoms with Crippen molar-refractivity contribution in [2.24, 2.45) is 5.73 Å². The summed E-state index contributed by atoms with van der Waals surface area (Å²) in [6.45, 7) is 0. The fraction of sp³-hybridized carbons (Fsp3) is 0.500. The molecular formula is C8H10N2O4. The zero-order valence-electron chi connectivity index (χ0n) is 7.25. The van der Waals surface area contributed by atoms with E-state index in [1.807, 2.05) is 0 Å². The van der Waals surface area contributed by atoms with Crippen LogP contribution < -0.4 is 5.73 Å². The summed E-state index contributed by atoms with van der Waals surface area (Å²) in [5.41, 5.74) is 5.31. The van der Waals surface area contributed by atoms with Gasteiger partial charge >= 0.3 is 5.97 Å². The van der Waals surface area contributed by atoms with Crippen LogP contribution in [0.25, 0.3) is 0 Å². The first-order valence-corrected chi connectivity index (χ1v) is 4.24. The van der Waals surface area contributed by atoms with Crippen molar-refractivity contribution in [1.82, 2.24) is 4.90 Å². The van der Waals surface area contributed by atoms with Crippen molar-refractivity contribution in [1.29, 1.82) is 0 Å². The average molecular weight is 198 g/mol. The zero-order valence-corrected chi connectivity index (χ0v) is 7.25. The Morgan fingerprint density at radius 1 is 1.64 bits per heavy atom. The molecule has 76 valence electrons. The van der Waals surface area contributed by atoms with E-state index >= 15 is 0 Å². The maximum atomic E-state index is 11.2. The molecule has 2 aliphatic rings. The summed E-state index contributed by atoms with van der Waals surface area (Å²) in [7, 11) is 0. The number of aliphatic carboxylic acids is 1. The first-order valence-electron chi connectivity index (χ1n) is 4.24. The molecule has 0 aromatic heterocycles. The number of amides is 1. The Kier molecular flexibility index (Phi) is 1.83. The molecule has 1 amide bonds. The summed E-state index contributed by atoms with van der Waals surface area (Å²) in [5, 5.41) is 18.1. The summed E-state index contributed by atoms with van der Waals surface area (Å²) < 4.78 is 0. The van der Waals surface area contributed by atoms with E-state index in [1.54, 1.807) is 0 Å². The summed E-state index contributed by atoms with van der Waals surface area (Å²) in [4.78, 5) is 23.1. The first-order chi connectivity index (χ1) is 6.52. The minimum atomic E-state index is -1.21. The lowest BCUT2D eigenvalue weighted by molar-refractivity contribution is -0.153. The number of carbonyl (C=O) groups excluding carboxylic acids is 1. The third-order valence-corrected chi connectivity index (χ3v) is 2.58. The molecule has 0 bridgehead atoms. The number of carboxylic acids is 1. The van der Waals surface area contributed by atoms with Crippen molar-refractivity contribution < 1.29 is 19.8 Å². The number of carbonyl (C=O) groups is 2. The second-order valence-corrected chi connectivity index (χ2v) is 3.46. The molecule has 1 saturated heterocycles. The van der Waals surface area contributed by atoms with Gasteiger partial charge in [-0.05, 0) is 12.5 Å². The van der Waals surface area contributed by atoms with Gasteiger partial charge in [0.2, 0.25) is 5.91 Å². The SMILES string of the molecule is N[C@H]1C(=O)N2C(C(=O)O)=C[C@@H](O)CC12. The van der Waals surface area contributed by atoms with Crippen LogP contribution in [-0.2, 0) is 9.59 Å². The van der Waals surface area contributed by atoms with E-state index in [1.165, 1.54) is 6.08 Å². The van der Waals surface area contributed by atoms with Gasteiger partial charge in [-0.3, -0.25) is 9.69 Å². The number of β-lactam (4-membered cyclic amide) rings is 1. The van der Waals surface area contributed by atoms with E-state index in [0.717, 1.165) is 4.90 Å². The quantitative estimate of drug-likeness (QED) is 0.434. The largest absolute Gasteiger partial charge is 0.477 e. The van der Waals surface area contributed by atoms with E-state index in [9.17, 15) is 14.7 Å². The number of hydrogen-bond acceptors (Lipinski definition) is 4. The standard InChI is InChI=1S/C8H10N2O4/c9-6-4-1-3(11)2-5(8(13)14)10(4)7(6)12/h2-4,6,11H,1,9H2,(H,13,14)/t3-,4?,6+/m0/s1. The highest BCUT2D eigenvalue weighted by Gasteiger charge is 2.50. The number of carboxylic acid groups (broad SMARTS) is 1. The predicted octanol–water partition coefficient (Wildman–Crippen LogP) is -1.74. The molecule has 0 saturated carbocycles. The molecule has 1 fully saturated rings. The van der Waals surface area contributed by atoms with E-state index in [0.29, 0.717) is 6.42 Å². The number of aliphatic hydroxyl groups is 1.